The van der Waals surface area contributed by atoms with Crippen molar-refractivity contribution in [2.45, 2.75) is 0 Å². The Balaban J connectivity index is 1.47. The molecule has 0 atom stereocenters. The van der Waals surface area contributed by atoms with Crippen LogP contribution in [0.3, 0.4) is 0 Å². The number of para-hydroxylation sites is 2. The highest BCUT2D eigenvalue weighted by molar-refractivity contribution is 5.92. The van der Waals surface area contributed by atoms with Gasteiger partial charge in [0, 0.05) is 23.5 Å². The molecule has 0 radical (unpaired) electrons. The van der Waals surface area contributed by atoms with Gasteiger partial charge in [0.25, 0.3) is 0 Å². The third-order valence-electron chi connectivity index (χ3n) is 5.30. The first-order valence-corrected chi connectivity index (χ1v) is 10.2. The molecule has 4 N–H and O–H groups in total. The second-order valence-electron chi connectivity index (χ2n) is 7.52. The van der Waals surface area contributed by atoms with E-state index in [0.29, 0.717) is 22.5 Å². The largest absolute Gasteiger partial charge is 0.505 e. The summed E-state index contributed by atoms with van der Waals surface area (Å²) in [4.78, 5) is 26.8. The molecule has 0 fully saturated rings. The summed E-state index contributed by atoms with van der Waals surface area (Å²) in [5.74, 6) is -3.44. The van der Waals surface area contributed by atoms with Gasteiger partial charge in [-0.3, -0.25) is 4.98 Å². The summed E-state index contributed by atoms with van der Waals surface area (Å²) in [5, 5.41) is 55.2. The zero-order valence-corrected chi connectivity index (χ0v) is 18.1. The van der Waals surface area contributed by atoms with Crippen molar-refractivity contribution in [1.29, 1.82) is 0 Å². The quantitative estimate of drug-likeness (QED) is 0.276. The lowest BCUT2D eigenvalue weighted by Gasteiger charge is -2.06. The zero-order chi connectivity index (χ0) is 25.4. The normalized spacial score (nSPS) is 10.9. The molecule has 0 aliphatic heterocycles. The number of hydrogen-bond acceptors (Lipinski definition) is 9. The second kappa shape index (κ2) is 8.64. The third kappa shape index (κ3) is 3.86. The number of aromatic hydroxyl groups is 2. The number of hydrogen-bond donors (Lipinski definition) is 4. The summed E-state index contributed by atoms with van der Waals surface area (Å²) >= 11 is 0. The maximum absolute atomic E-state index is 11.3. The number of rotatable bonds is 6. The van der Waals surface area contributed by atoms with Crippen LogP contribution in [0.1, 0.15) is 20.7 Å². The number of aromatic carboxylic acids is 2. The van der Waals surface area contributed by atoms with Crippen molar-refractivity contribution in [3.05, 3.63) is 78.4 Å². The average molecular weight is 485 g/mol. The fourth-order valence-electron chi connectivity index (χ4n) is 3.53. The summed E-state index contributed by atoms with van der Waals surface area (Å²) in [5.41, 5.74) is 1.64. The topological polar surface area (TPSA) is 189 Å². The molecule has 13 heteroatoms. The molecule has 0 bridgehead atoms. The highest BCUT2D eigenvalue weighted by Gasteiger charge is 2.18. The van der Waals surface area contributed by atoms with Crippen LogP contribution in [-0.4, -0.2) is 67.3 Å². The lowest BCUT2D eigenvalue weighted by Crippen LogP contribution is -2.01. The summed E-state index contributed by atoms with van der Waals surface area (Å²) < 4.78 is 2.50. The molecule has 13 nitrogen and oxygen atoms in total. The molecule has 0 amide bonds. The number of carbonyl (C=O) groups is 2. The lowest BCUT2D eigenvalue weighted by atomic mass is 10.1. The van der Waals surface area contributed by atoms with Crippen molar-refractivity contribution in [2.75, 3.05) is 0 Å². The molecule has 0 spiro atoms. The molecule has 3 heterocycles. The number of carboxylic acid groups (broad SMARTS) is 2. The van der Waals surface area contributed by atoms with E-state index in [1.807, 2.05) is 0 Å². The predicted molar refractivity (Wildman–Crippen MR) is 122 cm³/mol. The van der Waals surface area contributed by atoms with Gasteiger partial charge in [-0.1, -0.05) is 22.6 Å². The molecule has 0 aliphatic rings. The Kier molecular flexibility index (Phi) is 5.33. The van der Waals surface area contributed by atoms with E-state index in [2.05, 4.69) is 25.6 Å². The van der Waals surface area contributed by atoms with Crippen LogP contribution in [-0.2, 0) is 0 Å². The van der Waals surface area contributed by atoms with Gasteiger partial charge in [0.1, 0.15) is 33.9 Å². The van der Waals surface area contributed by atoms with Crippen molar-refractivity contribution in [3.63, 3.8) is 0 Å². The zero-order valence-electron chi connectivity index (χ0n) is 18.1. The molecule has 0 saturated heterocycles. The van der Waals surface area contributed by atoms with Crippen LogP contribution < -0.4 is 0 Å². The van der Waals surface area contributed by atoms with Gasteiger partial charge in [0.05, 0.1) is 12.4 Å². The molecule has 0 saturated carbocycles. The van der Waals surface area contributed by atoms with E-state index in [1.165, 1.54) is 70.5 Å². The first kappa shape index (κ1) is 22.2. The van der Waals surface area contributed by atoms with Crippen LogP contribution >= 0.6 is 0 Å². The molecule has 0 aliphatic carbocycles. The van der Waals surface area contributed by atoms with E-state index >= 15 is 0 Å². The van der Waals surface area contributed by atoms with Crippen LogP contribution in [0.2, 0.25) is 0 Å². The van der Waals surface area contributed by atoms with E-state index in [9.17, 15) is 30.0 Å². The van der Waals surface area contributed by atoms with Gasteiger partial charge < -0.3 is 20.4 Å². The Morgan fingerprint density at radius 1 is 0.694 bits per heavy atom. The van der Waals surface area contributed by atoms with Gasteiger partial charge in [0.15, 0.2) is 11.5 Å². The minimum atomic E-state index is -1.28. The first-order chi connectivity index (χ1) is 17.3. The Morgan fingerprint density at radius 2 is 1.14 bits per heavy atom. The molecule has 2 aromatic carbocycles. The van der Waals surface area contributed by atoms with E-state index in [-0.39, 0.29) is 22.5 Å². The molecule has 3 aromatic heterocycles. The summed E-state index contributed by atoms with van der Waals surface area (Å²) in [6.07, 6.45) is 6.09. The Morgan fingerprint density at radius 3 is 1.56 bits per heavy atom. The maximum atomic E-state index is 11.3. The minimum Gasteiger partial charge on any atom is -0.505 e. The molecular formula is C23H15N7O6. The Labute approximate surface area is 201 Å². The fraction of sp³-hybridized carbons (Fsp3) is 0. The lowest BCUT2D eigenvalue weighted by molar-refractivity contribution is 0.0682. The first-order valence-electron chi connectivity index (χ1n) is 10.2. The third-order valence-corrected chi connectivity index (χ3v) is 5.30. The van der Waals surface area contributed by atoms with E-state index < -0.39 is 23.4 Å². The summed E-state index contributed by atoms with van der Waals surface area (Å²) in [6.45, 7) is 0. The summed E-state index contributed by atoms with van der Waals surface area (Å²) in [7, 11) is 0. The monoisotopic (exact) mass is 485 g/mol. The number of carboxylic acids is 2. The van der Waals surface area contributed by atoms with Crippen LogP contribution in [0.5, 0.6) is 11.5 Å². The number of pyridine rings is 1. The molecule has 178 valence electrons. The Bertz CT molecular complexity index is 1520. The van der Waals surface area contributed by atoms with Gasteiger partial charge >= 0.3 is 11.9 Å². The predicted octanol–water partition coefficient (Wildman–Crippen LogP) is 2.38. The van der Waals surface area contributed by atoms with Crippen molar-refractivity contribution in [1.82, 2.24) is 35.0 Å². The number of aromatic nitrogens is 7. The molecule has 5 rings (SSSR count). The van der Waals surface area contributed by atoms with Crippen molar-refractivity contribution < 1.29 is 30.0 Å². The molecule has 5 aromatic rings. The van der Waals surface area contributed by atoms with E-state index in [0.717, 1.165) is 0 Å². The number of benzene rings is 2. The van der Waals surface area contributed by atoms with Gasteiger partial charge in [-0.2, -0.15) is 0 Å². The molecule has 0 unspecified atom stereocenters. The van der Waals surface area contributed by atoms with Crippen LogP contribution in [0.15, 0.2) is 67.3 Å². The van der Waals surface area contributed by atoms with Crippen LogP contribution in [0, 0.1) is 0 Å². The Hall–Kier alpha value is -5.59. The smallest absolute Gasteiger partial charge is 0.339 e. The van der Waals surface area contributed by atoms with Crippen molar-refractivity contribution in [2.24, 2.45) is 0 Å². The van der Waals surface area contributed by atoms with Gasteiger partial charge in [0.2, 0.25) is 0 Å². The molecular weight excluding hydrogens is 470 g/mol. The standard InChI is InChI=1S/C23H15N7O6/c31-20-14(22(33)34)3-1-5-18(20)29-10-16(25-27-29)12-7-13(9-24-8-12)17-11-30(28-26-17)19-6-2-4-15(21(19)32)23(35)36/h1-11,31-32H,(H,33,34)(H,35,36). The number of phenols is 2. The summed E-state index contributed by atoms with van der Waals surface area (Å²) in [6, 6.07) is 10.2. The average Bonchev–Trinajstić information content (AvgIpc) is 3.55. The highest BCUT2D eigenvalue weighted by Crippen LogP contribution is 2.29. The highest BCUT2D eigenvalue weighted by atomic mass is 16.4. The molecule has 36 heavy (non-hydrogen) atoms. The van der Waals surface area contributed by atoms with Crippen LogP contribution in [0.4, 0.5) is 0 Å². The van der Waals surface area contributed by atoms with Crippen molar-refractivity contribution >= 4 is 11.9 Å². The maximum Gasteiger partial charge on any atom is 0.339 e. The minimum absolute atomic E-state index is 0.143. The van der Waals surface area contributed by atoms with E-state index in [4.69, 9.17) is 0 Å². The van der Waals surface area contributed by atoms with Crippen LogP contribution in [0.25, 0.3) is 33.9 Å². The second-order valence-corrected chi connectivity index (χ2v) is 7.52. The van der Waals surface area contributed by atoms with Gasteiger partial charge in [-0.25, -0.2) is 19.0 Å². The van der Waals surface area contributed by atoms with E-state index in [1.54, 1.807) is 6.07 Å². The van der Waals surface area contributed by atoms with Crippen molar-refractivity contribution in [3.8, 4) is 45.4 Å². The SMILES string of the molecule is O=C(O)c1cccc(-n2cc(-c3cncc(-c4cn(-c5cccc(C(=O)O)c5O)nn4)c3)nn2)c1O. The number of nitrogens with zero attached hydrogens (tertiary/aromatic N) is 7. The van der Waals surface area contributed by atoms with Gasteiger partial charge in [-0.05, 0) is 30.3 Å². The van der Waals surface area contributed by atoms with Gasteiger partial charge in [-0.15, -0.1) is 10.2 Å². The fourth-order valence-corrected chi connectivity index (χ4v) is 3.53.